The van der Waals surface area contributed by atoms with Gasteiger partial charge >= 0.3 is 0 Å². The van der Waals surface area contributed by atoms with Gasteiger partial charge < -0.3 is 4.98 Å². The number of aromatic nitrogens is 2. The third kappa shape index (κ3) is 4.15. The highest BCUT2D eigenvalue weighted by atomic mass is 32.2. The van der Waals surface area contributed by atoms with Gasteiger partial charge in [0.2, 0.25) is 10.0 Å². The molecule has 0 saturated carbocycles. The fraction of sp³-hybridized carbons (Fsp3) is 0.100. The van der Waals surface area contributed by atoms with E-state index < -0.39 is 10.0 Å². The highest BCUT2D eigenvalue weighted by molar-refractivity contribution is 7.92. The van der Waals surface area contributed by atoms with Crippen LogP contribution in [0.5, 0.6) is 0 Å². The smallest absolute Gasteiger partial charge is 0.257 e. The molecule has 0 unspecified atom stereocenters. The Hall–Kier alpha value is -3.17. The third-order valence-corrected chi connectivity index (χ3v) is 5.67. The van der Waals surface area contributed by atoms with Crippen molar-refractivity contribution in [3.63, 3.8) is 0 Å². The minimum absolute atomic E-state index is 0.328. The van der Waals surface area contributed by atoms with Gasteiger partial charge in [0.1, 0.15) is 0 Å². The highest BCUT2D eigenvalue weighted by Gasteiger charge is 2.15. The van der Waals surface area contributed by atoms with E-state index in [0.717, 1.165) is 34.1 Å². The molecule has 1 amide bonds. The average molecular weight is 427 g/mol. The van der Waals surface area contributed by atoms with Gasteiger partial charge in [0.25, 0.3) is 5.91 Å². The molecule has 0 saturated heterocycles. The number of carbonyl (C=O) groups excluding carboxylic acids is 1. The maximum Gasteiger partial charge on any atom is 0.257 e. The van der Waals surface area contributed by atoms with Crippen molar-refractivity contribution in [1.82, 2.24) is 9.97 Å². The summed E-state index contributed by atoms with van der Waals surface area (Å²) in [5.74, 6) is -0.362. The van der Waals surface area contributed by atoms with Gasteiger partial charge in [-0.15, -0.1) is 11.3 Å². The number of nitrogens with one attached hydrogen (secondary N) is 3. The van der Waals surface area contributed by atoms with E-state index in [-0.39, 0.29) is 5.91 Å². The van der Waals surface area contributed by atoms with Gasteiger partial charge in [-0.2, -0.15) is 0 Å². The number of para-hydroxylation sites is 1. The fourth-order valence-electron chi connectivity index (χ4n) is 3.16. The second-order valence-corrected chi connectivity index (χ2v) is 9.22. The number of aryl methyl sites for hydroxylation is 1. The molecule has 0 bridgehead atoms. The summed E-state index contributed by atoms with van der Waals surface area (Å²) >= 11 is 1.33. The van der Waals surface area contributed by atoms with Gasteiger partial charge in [0.05, 0.1) is 11.9 Å². The van der Waals surface area contributed by atoms with Gasteiger partial charge in [-0.3, -0.25) is 14.8 Å². The number of H-pyrrole nitrogens is 1. The van der Waals surface area contributed by atoms with Gasteiger partial charge in [-0.25, -0.2) is 13.4 Å². The standard InChI is InChI=1S/C20H18N4O3S2/c1-12-18(15-8-3-4-9-16(15)21-12)17-11-28-20(22-17)23-19(25)13-6-5-7-14(10-13)24-29(2,26)27/h3-11,21,24H,1-2H3,(H,22,23,25). The lowest BCUT2D eigenvalue weighted by Gasteiger charge is -2.06. The predicted octanol–water partition coefficient (Wildman–Crippen LogP) is 4.22. The number of rotatable bonds is 5. The fourth-order valence-corrected chi connectivity index (χ4v) is 4.41. The molecule has 3 N–H and O–H groups in total. The lowest BCUT2D eigenvalue weighted by molar-refractivity contribution is 0.102. The van der Waals surface area contributed by atoms with E-state index in [2.05, 4.69) is 20.0 Å². The number of thiazole rings is 1. The lowest BCUT2D eigenvalue weighted by Crippen LogP contribution is -2.13. The molecule has 4 aromatic rings. The zero-order valence-corrected chi connectivity index (χ0v) is 17.3. The number of amides is 1. The second-order valence-electron chi connectivity index (χ2n) is 6.62. The van der Waals surface area contributed by atoms with Crippen molar-refractivity contribution in [3.05, 3.63) is 65.2 Å². The van der Waals surface area contributed by atoms with Crippen LogP contribution in [0.15, 0.2) is 53.9 Å². The Morgan fingerprint density at radius 3 is 2.72 bits per heavy atom. The Balaban J connectivity index is 1.57. The quantitative estimate of drug-likeness (QED) is 0.444. The zero-order chi connectivity index (χ0) is 20.6. The van der Waals surface area contributed by atoms with E-state index in [0.29, 0.717) is 16.4 Å². The Morgan fingerprint density at radius 1 is 1.14 bits per heavy atom. The van der Waals surface area contributed by atoms with Crippen LogP contribution in [0.2, 0.25) is 0 Å². The molecule has 2 aromatic heterocycles. The molecule has 0 atom stereocenters. The van der Waals surface area contributed by atoms with E-state index >= 15 is 0 Å². The van der Waals surface area contributed by atoms with E-state index in [9.17, 15) is 13.2 Å². The Kier molecular flexibility index (Phi) is 4.85. The predicted molar refractivity (Wildman–Crippen MR) is 117 cm³/mol. The van der Waals surface area contributed by atoms with Crippen molar-refractivity contribution in [2.45, 2.75) is 6.92 Å². The maximum atomic E-state index is 12.6. The Labute approximate surface area is 171 Å². The van der Waals surface area contributed by atoms with Crippen LogP contribution in [-0.4, -0.2) is 30.5 Å². The van der Waals surface area contributed by atoms with Crippen LogP contribution in [0.4, 0.5) is 10.8 Å². The normalized spacial score (nSPS) is 11.5. The molecule has 29 heavy (non-hydrogen) atoms. The number of hydrogen-bond acceptors (Lipinski definition) is 5. The van der Waals surface area contributed by atoms with Gasteiger partial charge in [-0.1, -0.05) is 24.3 Å². The molecule has 0 spiro atoms. The molecule has 0 fully saturated rings. The van der Waals surface area contributed by atoms with Crippen LogP contribution in [0.25, 0.3) is 22.2 Å². The van der Waals surface area contributed by atoms with Gasteiger partial charge in [-0.05, 0) is 31.2 Å². The molecule has 7 nitrogen and oxygen atoms in total. The molecule has 9 heteroatoms. The number of hydrogen-bond donors (Lipinski definition) is 3. The van der Waals surface area contributed by atoms with Crippen LogP contribution < -0.4 is 10.0 Å². The van der Waals surface area contributed by atoms with Crippen molar-refractivity contribution in [2.24, 2.45) is 0 Å². The van der Waals surface area contributed by atoms with Crippen LogP contribution in [0, 0.1) is 6.92 Å². The van der Waals surface area contributed by atoms with Crippen molar-refractivity contribution < 1.29 is 13.2 Å². The average Bonchev–Trinajstić information content (AvgIpc) is 3.23. The van der Waals surface area contributed by atoms with Gasteiger partial charge in [0, 0.05) is 38.8 Å². The van der Waals surface area contributed by atoms with Crippen LogP contribution >= 0.6 is 11.3 Å². The summed E-state index contributed by atoms with van der Waals surface area (Å²) < 4.78 is 25.1. The number of aromatic amines is 1. The number of nitrogens with zero attached hydrogens (tertiary/aromatic N) is 1. The summed E-state index contributed by atoms with van der Waals surface area (Å²) in [5.41, 5.74) is 4.50. The number of anilines is 2. The number of benzene rings is 2. The van der Waals surface area contributed by atoms with Crippen molar-refractivity contribution in [1.29, 1.82) is 0 Å². The Morgan fingerprint density at radius 2 is 1.93 bits per heavy atom. The summed E-state index contributed by atoms with van der Waals surface area (Å²) in [4.78, 5) is 20.5. The second kappa shape index (κ2) is 7.34. The van der Waals surface area contributed by atoms with Gasteiger partial charge in [0.15, 0.2) is 5.13 Å². The first kappa shape index (κ1) is 19.2. The van der Waals surface area contributed by atoms with Crippen molar-refractivity contribution in [2.75, 3.05) is 16.3 Å². The minimum atomic E-state index is -3.42. The molecule has 4 rings (SSSR count). The number of carbonyl (C=O) groups is 1. The molecular weight excluding hydrogens is 408 g/mol. The molecule has 0 aliphatic heterocycles. The largest absolute Gasteiger partial charge is 0.358 e. The molecule has 0 aliphatic carbocycles. The topological polar surface area (TPSA) is 104 Å². The monoisotopic (exact) mass is 426 g/mol. The number of fused-ring (bicyclic) bond motifs is 1. The first-order valence-corrected chi connectivity index (χ1v) is 11.5. The maximum absolute atomic E-state index is 12.6. The van der Waals surface area contributed by atoms with Crippen LogP contribution in [0.3, 0.4) is 0 Å². The molecule has 2 aromatic carbocycles. The summed E-state index contributed by atoms with van der Waals surface area (Å²) in [6.07, 6.45) is 1.06. The summed E-state index contributed by atoms with van der Waals surface area (Å²) in [7, 11) is -3.42. The van der Waals surface area contributed by atoms with Crippen molar-refractivity contribution >= 4 is 49.0 Å². The van der Waals surface area contributed by atoms with E-state index in [4.69, 9.17) is 0 Å². The summed E-state index contributed by atoms with van der Waals surface area (Å²) in [5, 5.41) is 6.23. The molecule has 0 aliphatic rings. The molecule has 2 heterocycles. The molecule has 0 radical (unpaired) electrons. The zero-order valence-electron chi connectivity index (χ0n) is 15.7. The lowest BCUT2D eigenvalue weighted by atomic mass is 10.1. The van der Waals surface area contributed by atoms with Crippen LogP contribution in [-0.2, 0) is 10.0 Å². The first-order chi connectivity index (χ1) is 13.8. The minimum Gasteiger partial charge on any atom is -0.358 e. The first-order valence-electron chi connectivity index (χ1n) is 8.72. The highest BCUT2D eigenvalue weighted by Crippen LogP contribution is 2.34. The third-order valence-electron chi connectivity index (χ3n) is 4.30. The number of sulfonamides is 1. The Bertz CT molecular complexity index is 1320. The van der Waals surface area contributed by atoms with Crippen molar-refractivity contribution in [3.8, 4) is 11.3 Å². The summed E-state index contributed by atoms with van der Waals surface area (Å²) in [6, 6.07) is 14.3. The summed E-state index contributed by atoms with van der Waals surface area (Å²) in [6.45, 7) is 1.99. The molecular formula is C20H18N4O3S2. The SMILES string of the molecule is Cc1[nH]c2ccccc2c1-c1csc(NC(=O)c2cccc(NS(C)(=O)=O)c2)n1. The molecule has 148 valence electrons. The van der Waals surface area contributed by atoms with E-state index in [1.807, 2.05) is 36.6 Å². The van der Waals surface area contributed by atoms with Crippen LogP contribution in [0.1, 0.15) is 16.1 Å². The van der Waals surface area contributed by atoms with E-state index in [1.165, 1.54) is 17.4 Å². The van der Waals surface area contributed by atoms with E-state index in [1.54, 1.807) is 18.2 Å².